The Hall–Kier alpha value is -3.43. The van der Waals surface area contributed by atoms with Gasteiger partial charge in [-0.25, -0.2) is 9.97 Å². The van der Waals surface area contributed by atoms with E-state index in [4.69, 9.17) is 14.2 Å². The number of hydrogen-bond acceptors (Lipinski definition) is 8. The van der Waals surface area contributed by atoms with Gasteiger partial charge in [-0.15, -0.1) is 22.7 Å². The fourth-order valence-electron chi connectivity index (χ4n) is 2.97. The van der Waals surface area contributed by atoms with Crippen LogP contribution in [0.4, 0.5) is 5.13 Å². The normalized spacial score (nSPS) is 10.6. The first-order valence-electron chi connectivity index (χ1n) is 9.69. The number of nitrogens with one attached hydrogen (secondary N) is 1. The van der Waals surface area contributed by atoms with Crippen LogP contribution in [0, 0.1) is 6.92 Å². The van der Waals surface area contributed by atoms with E-state index >= 15 is 0 Å². The number of anilines is 1. The number of benzene rings is 2. The zero-order valence-corrected chi connectivity index (χ0v) is 19.4. The molecule has 0 aliphatic rings. The Labute approximate surface area is 193 Å². The average molecular weight is 468 g/mol. The second-order valence-corrected chi connectivity index (χ2v) is 8.65. The van der Waals surface area contributed by atoms with E-state index in [1.807, 2.05) is 35.9 Å². The molecule has 0 aliphatic heterocycles. The molecule has 2 heterocycles. The molecule has 2 aromatic heterocycles. The standard InChI is InChI=1S/C23H21N3O4S2/c1-14-24-16(12-31-14)11-30-17-6-4-15(5-7-17)22(27)26-23-25-20(13-32-23)19-10-18(28-2)8-9-21(19)29-3/h4-10,12-13H,11H2,1-3H3,(H,25,26,27). The van der Waals surface area contributed by atoms with Crippen molar-refractivity contribution in [2.75, 3.05) is 19.5 Å². The van der Waals surface area contributed by atoms with Crippen LogP contribution in [0.1, 0.15) is 21.1 Å². The van der Waals surface area contributed by atoms with E-state index in [2.05, 4.69) is 15.3 Å². The molecule has 4 rings (SSSR count). The van der Waals surface area contributed by atoms with Crippen molar-refractivity contribution in [3.05, 3.63) is 69.5 Å². The molecule has 0 aliphatic carbocycles. The Morgan fingerprint density at radius 1 is 0.969 bits per heavy atom. The van der Waals surface area contributed by atoms with Crippen LogP contribution in [0.25, 0.3) is 11.3 Å². The third-order valence-electron chi connectivity index (χ3n) is 4.58. The van der Waals surface area contributed by atoms with Crippen LogP contribution in [-0.4, -0.2) is 30.1 Å². The topological polar surface area (TPSA) is 82.6 Å². The summed E-state index contributed by atoms with van der Waals surface area (Å²) in [5, 5.41) is 8.18. The van der Waals surface area contributed by atoms with Crippen LogP contribution >= 0.6 is 22.7 Å². The van der Waals surface area contributed by atoms with Crippen LogP contribution in [0.3, 0.4) is 0 Å². The maximum absolute atomic E-state index is 12.6. The Morgan fingerprint density at radius 2 is 1.75 bits per heavy atom. The average Bonchev–Trinajstić information content (AvgIpc) is 3.46. The van der Waals surface area contributed by atoms with Crippen molar-refractivity contribution in [3.63, 3.8) is 0 Å². The number of hydrogen-bond donors (Lipinski definition) is 1. The van der Waals surface area contributed by atoms with Gasteiger partial charge in [-0.05, 0) is 49.4 Å². The first kappa shape index (κ1) is 21.8. The molecular weight excluding hydrogens is 446 g/mol. The van der Waals surface area contributed by atoms with Gasteiger partial charge in [0.05, 0.1) is 30.6 Å². The van der Waals surface area contributed by atoms with E-state index in [1.165, 1.54) is 11.3 Å². The molecule has 0 fully saturated rings. The van der Waals surface area contributed by atoms with E-state index in [1.54, 1.807) is 49.8 Å². The number of amides is 1. The van der Waals surface area contributed by atoms with Crippen LogP contribution in [0.5, 0.6) is 17.2 Å². The summed E-state index contributed by atoms with van der Waals surface area (Å²) in [7, 11) is 3.21. The molecule has 7 nitrogen and oxygen atoms in total. The molecule has 164 valence electrons. The van der Waals surface area contributed by atoms with Crippen molar-refractivity contribution in [1.82, 2.24) is 9.97 Å². The van der Waals surface area contributed by atoms with Crippen LogP contribution < -0.4 is 19.5 Å². The minimum Gasteiger partial charge on any atom is -0.497 e. The Bertz CT molecular complexity index is 1220. The summed E-state index contributed by atoms with van der Waals surface area (Å²) < 4.78 is 16.5. The van der Waals surface area contributed by atoms with E-state index in [0.29, 0.717) is 40.2 Å². The predicted octanol–water partition coefficient (Wildman–Crippen LogP) is 5.42. The molecular formula is C23H21N3O4S2. The SMILES string of the molecule is COc1ccc(OC)c(-c2csc(NC(=O)c3ccc(OCc4csc(C)n4)cc3)n2)c1. The molecule has 0 saturated carbocycles. The first-order chi connectivity index (χ1) is 15.6. The predicted molar refractivity (Wildman–Crippen MR) is 126 cm³/mol. The van der Waals surface area contributed by atoms with Crippen molar-refractivity contribution in [1.29, 1.82) is 0 Å². The van der Waals surface area contributed by atoms with Gasteiger partial charge in [0.1, 0.15) is 23.9 Å². The second kappa shape index (κ2) is 9.80. The molecule has 0 bridgehead atoms. The van der Waals surface area contributed by atoms with Crippen LogP contribution in [0.15, 0.2) is 53.2 Å². The van der Waals surface area contributed by atoms with Crippen molar-refractivity contribution < 1.29 is 19.0 Å². The number of carbonyl (C=O) groups excluding carboxylic acids is 1. The summed E-state index contributed by atoms with van der Waals surface area (Å²) >= 11 is 2.93. The number of methoxy groups -OCH3 is 2. The highest BCUT2D eigenvalue weighted by Gasteiger charge is 2.14. The van der Waals surface area contributed by atoms with Crippen molar-refractivity contribution in [3.8, 4) is 28.5 Å². The summed E-state index contributed by atoms with van der Waals surface area (Å²) in [6.07, 6.45) is 0. The molecule has 0 saturated heterocycles. The number of ether oxygens (including phenoxy) is 3. The molecule has 0 radical (unpaired) electrons. The molecule has 1 amide bonds. The molecule has 4 aromatic rings. The van der Waals surface area contributed by atoms with E-state index < -0.39 is 0 Å². The van der Waals surface area contributed by atoms with Crippen molar-refractivity contribution in [2.24, 2.45) is 0 Å². The lowest BCUT2D eigenvalue weighted by molar-refractivity contribution is 0.102. The highest BCUT2D eigenvalue weighted by Crippen LogP contribution is 2.35. The quantitative estimate of drug-likeness (QED) is 0.372. The summed E-state index contributed by atoms with van der Waals surface area (Å²) in [4.78, 5) is 21.5. The summed E-state index contributed by atoms with van der Waals surface area (Å²) in [5.74, 6) is 1.81. The Balaban J connectivity index is 1.41. The minimum atomic E-state index is -0.245. The molecule has 0 atom stereocenters. The number of aryl methyl sites for hydroxylation is 1. The Kier molecular flexibility index (Phi) is 6.67. The molecule has 0 unspecified atom stereocenters. The van der Waals surface area contributed by atoms with Gasteiger partial charge in [-0.1, -0.05) is 0 Å². The van der Waals surface area contributed by atoms with Gasteiger partial charge >= 0.3 is 0 Å². The maximum Gasteiger partial charge on any atom is 0.257 e. The van der Waals surface area contributed by atoms with Gasteiger partial charge in [0.15, 0.2) is 5.13 Å². The molecule has 0 spiro atoms. The highest BCUT2D eigenvalue weighted by atomic mass is 32.1. The highest BCUT2D eigenvalue weighted by molar-refractivity contribution is 7.14. The zero-order chi connectivity index (χ0) is 22.5. The van der Waals surface area contributed by atoms with E-state index in [9.17, 15) is 4.79 Å². The number of aromatic nitrogens is 2. The summed E-state index contributed by atoms with van der Waals surface area (Å²) in [6, 6.07) is 12.5. The summed E-state index contributed by atoms with van der Waals surface area (Å²) in [5.41, 5.74) is 2.89. The Morgan fingerprint density at radius 3 is 2.44 bits per heavy atom. The van der Waals surface area contributed by atoms with Crippen molar-refractivity contribution >= 4 is 33.7 Å². The van der Waals surface area contributed by atoms with E-state index in [-0.39, 0.29) is 5.91 Å². The molecule has 32 heavy (non-hydrogen) atoms. The number of thiazole rings is 2. The first-order valence-corrected chi connectivity index (χ1v) is 11.4. The lowest BCUT2D eigenvalue weighted by atomic mass is 10.1. The molecule has 9 heteroatoms. The smallest absolute Gasteiger partial charge is 0.257 e. The molecule has 1 N–H and O–H groups in total. The van der Waals surface area contributed by atoms with Gasteiger partial charge < -0.3 is 14.2 Å². The second-order valence-electron chi connectivity index (χ2n) is 6.73. The zero-order valence-electron chi connectivity index (χ0n) is 17.7. The summed E-state index contributed by atoms with van der Waals surface area (Å²) in [6.45, 7) is 2.35. The van der Waals surface area contributed by atoms with Gasteiger partial charge in [0.2, 0.25) is 0 Å². The fraction of sp³-hybridized carbons (Fsp3) is 0.174. The minimum absolute atomic E-state index is 0.245. The van der Waals surface area contributed by atoms with Crippen LogP contribution in [-0.2, 0) is 6.61 Å². The van der Waals surface area contributed by atoms with Crippen LogP contribution in [0.2, 0.25) is 0 Å². The van der Waals surface area contributed by atoms with Gasteiger partial charge in [0.25, 0.3) is 5.91 Å². The monoisotopic (exact) mass is 467 g/mol. The third-order valence-corrected chi connectivity index (χ3v) is 6.16. The fourth-order valence-corrected chi connectivity index (χ4v) is 4.28. The van der Waals surface area contributed by atoms with Gasteiger partial charge in [-0.3, -0.25) is 10.1 Å². The lowest BCUT2D eigenvalue weighted by Gasteiger charge is -2.08. The van der Waals surface area contributed by atoms with Gasteiger partial charge in [0, 0.05) is 21.9 Å². The molecule has 2 aromatic carbocycles. The number of carbonyl (C=O) groups is 1. The largest absolute Gasteiger partial charge is 0.497 e. The number of nitrogens with zero attached hydrogens (tertiary/aromatic N) is 2. The third kappa shape index (κ3) is 5.06. The van der Waals surface area contributed by atoms with Crippen molar-refractivity contribution in [2.45, 2.75) is 13.5 Å². The maximum atomic E-state index is 12.6. The van der Waals surface area contributed by atoms with Gasteiger partial charge in [-0.2, -0.15) is 0 Å². The lowest BCUT2D eigenvalue weighted by Crippen LogP contribution is -2.11. The van der Waals surface area contributed by atoms with E-state index in [0.717, 1.165) is 16.3 Å². The number of rotatable bonds is 8.